The Labute approximate surface area is 410 Å². The van der Waals surface area contributed by atoms with E-state index in [1.54, 1.807) is 44.2 Å². The van der Waals surface area contributed by atoms with Gasteiger partial charge in [-0.3, -0.25) is 52.7 Å². The summed E-state index contributed by atoms with van der Waals surface area (Å²) in [6.07, 6.45) is 0.438. The van der Waals surface area contributed by atoms with Crippen molar-refractivity contribution in [3.63, 3.8) is 0 Å². The molecule has 26 heteroatoms. The predicted molar refractivity (Wildman–Crippen MR) is 250 cm³/mol. The molecule has 0 aromatic heterocycles. The molecule has 26 nitrogen and oxygen atoms in total. The zero-order chi connectivity index (χ0) is 52.9. The molecule has 9 atom stereocenters. The number of likely N-dealkylation sites (tertiary alicyclic amines) is 2. The molecule has 3 rings (SSSR count). The van der Waals surface area contributed by atoms with Crippen molar-refractivity contribution < 1.29 is 67.7 Å². The van der Waals surface area contributed by atoms with Crippen molar-refractivity contribution in [1.82, 2.24) is 47.0 Å². The topological polar surface area (TPSA) is 414 Å². The van der Waals surface area contributed by atoms with Crippen LogP contribution in [0.3, 0.4) is 0 Å². The van der Waals surface area contributed by atoms with E-state index in [0.717, 1.165) is 0 Å². The normalized spacial score (nSPS) is 18.3. The maximum absolute atomic E-state index is 14.2. The largest absolute Gasteiger partial charge is 0.394 e. The Morgan fingerprint density at radius 2 is 1.20 bits per heavy atom. The average molecular weight is 1000 g/mol. The third-order valence-electron chi connectivity index (χ3n) is 11.6. The number of nitrogens with two attached hydrogens (primary N) is 3. The summed E-state index contributed by atoms with van der Waals surface area (Å²) in [6.45, 7) is 2.81. The first kappa shape index (κ1) is 58.3. The molecule has 11 amide bonds. The van der Waals surface area contributed by atoms with Crippen LogP contribution in [0.15, 0.2) is 30.3 Å². The van der Waals surface area contributed by atoms with E-state index in [0.29, 0.717) is 44.1 Å². The second-order valence-corrected chi connectivity index (χ2v) is 17.9. The van der Waals surface area contributed by atoms with Gasteiger partial charge in [0.2, 0.25) is 65.0 Å². The molecular weight excluding hydrogens is 933 g/mol. The molecule has 2 aliphatic rings. The molecule has 2 saturated heterocycles. The average Bonchev–Trinajstić information content (AvgIpc) is 4.02. The van der Waals surface area contributed by atoms with E-state index in [9.17, 15) is 67.7 Å². The number of carbonyl (C=O) groups is 12. The minimum Gasteiger partial charge on any atom is -0.394 e. The van der Waals surface area contributed by atoms with E-state index in [1.165, 1.54) is 16.7 Å². The fraction of sp³-hybridized carbons (Fsp3) is 0.600. The van der Waals surface area contributed by atoms with Gasteiger partial charge < -0.3 is 79.2 Å². The molecule has 2 fully saturated rings. The van der Waals surface area contributed by atoms with Crippen LogP contribution in [0.5, 0.6) is 0 Å². The van der Waals surface area contributed by atoms with Crippen LogP contribution in [0.4, 0.5) is 0 Å². The summed E-state index contributed by atoms with van der Waals surface area (Å²) in [4.78, 5) is 159. The van der Waals surface area contributed by atoms with Crippen molar-refractivity contribution >= 4 is 71.3 Å². The number of hydrogen-bond donors (Lipinski definition) is 12. The van der Waals surface area contributed by atoms with Crippen LogP contribution in [0.25, 0.3) is 0 Å². The van der Waals surface area contributed by atoms with Crippen molar-refractivity contribution in [3.8, 4) is 0 Å². The standard InChI is InChI=1S/C45H68N12O14/c1-24(2)17-29(39(65)51-28(13-14-35(47)61)38(64)54-32(22-59)42(68)55-33(23-60)45(71)56-15-7-11-27(56)21-58)52-40(66)30(18-26-9-5-4-6-10-26)53-41(67)31(19-36(48)62)50-37(63)20-49-43(69)34-12-8-16-57(34)44(70)25(3)46/h4-6,9-10,21,24-25,27-34,59-60H,7-8,11-20,22-23,46H2,1-3H3,(H2,47,61)(H2,48,62)(H,49,69)(H,50,63)(H,51,65)(H,52,66)(H,53,67)(H,54,64)(H,55,68)/t25-,27-,28-,29-,30-,31-,32-,33-,34-/m0/s1. The van der Waals surface area contributed by atoms with Gasteiger partial charge in [0.1, 0.15) is 48.6 Å². The van der Waals surface area contributed by atoms with Crippen LogP contribution in [-0.2, 0) is 64.0 Å². The van der Waals surface area contributed by atoms with E-state index in [-0.39, 0.29) is 25.3 Å². The predicted octanol–water partition coefficient (Wildman–Crippen LogP) is -6.05. The molecule has 0 bridgehead atoms. The number of amides is 11. The number of rotatable bonds is 28. The zero-order valence-corrected chi connectivity index (χ0v) is 40.1. The van der Waals surface area contributed by atoms with Crippen molar-refractivity contribution in [2.24, 2.45) is 23.1 Å². The van der Waals surface area contributed by atoms with Gasteiger partial charge in [0.05, 0.1) is 38.3 Å². The first-order valence-corrected chi connectivity index (χ1v) is 23.3. The van der Waals surface area contributed by atoms with Gasteiger partial charge in [-0.2, -0.15) is 0 Å². The van der Waals surface area contributed by atoms with Crippen molar-refractivity contribution in [2.75, 3.05) is 32.8 Å². The molecule has 0 spiro atoms. The molecule has 392 valence electrons. The molecule has 0 aliphatic carbocycles. The summed E-state index contributed by atoms with van der Waals surface area (Å²) >= 11 is 0. The highest BCUT2D eigenvalue weighted by Gasteiger charge is 2.38. The second kappa shape index (κ2) is 28.6. The number of carbonyl (C=O) groups excluding carboxylic acids is 12. The second-order valence-electron chi connectivity index (χ2n) is 17.9. The Hall–Kier alpha value is -7.06. The molecule has 0 unspecified atom stereocenters. The first-order valence-electron chi connectivity index (χ1n) is 23.3. The molecule has 0 saturated carbocycles. The van der Waals surface area contributed by atoms with Crippen LogP contribution in [0.2, 0.25) is 0 Å². The number of primary amides is 2. The minimum atomic E-state index is -1.76. The SMILES string of the molecule is CC(C)C[C@H](NC(=O)[C@H](Cc1ccccc1)NC(=O)[C@H](CC(N)=O)NC(=O)CNC(=O)[C@@H]1CCCN1C(=O)[C@H](C)N)C(=O)N[C@@H](CCC(N)=O)C(=O)N[C@@H](CO)C(=O)N[C@@H](CO)C(=O)N1CCC[C@H]1C=O. The summed E-state index contributed by atoms with van der Waals surface area (Å²) in [6, 6.07) is -3.70. The molecule has 0 radical (unpaired) electrons. The van der Waals surface area contributed by atoms with E-state index in [1.807, 2.05) is 0 Å². The van der Waals surface area contributed by atoms with Gasteiger partial charge in [-0.05, 0) is 56.9 Å². The Morgan fingerprint density at radius 3 is 1.79 bits per heavy atom. The Balaban J connectivity index is 1.80. The molecule has 1 aromatic rings. The number of aldehydes is 1. The van der Waals surface area contributed by atoms with Gasteiger partial charge in [0.15, 0.2) is 0 Å². The van der Waals surface area contributed by atoms with Gasteiger partial charge >= 0.3 is 0 Å². The lowest BCUT2D eigenvalue weighted by molar-refractivity contribution is -0.140. The highest BCUT2D eigenvalue weighted by Crippen LogP contribution is 2.19. The summed E-state index contributed by atoms with van der Waals surface area (Å²) in [5.74, 6) is -10.1. The van der Waals surface area contributed by atoms with Crippen LogP contribution < -0.4 is 54.4 Å². The number of nitrogens with one attached hydrogen (secondary N) is 7. The molecule has 2 aliphatic heterocycles. The molecule has 15 N–H and O–H groups in total. The van der Waals surface area contributed by atoms with E-state index < -0.39 is 158 Å². The third-order valence-corrected chi connectivity index (χ3v) is 11.6. The number of aliphatic hydroxyl groups is 2. The van der Waals surface area contributed by atoms with Gasteiger partial charge in [-0.25, -0.2) is 0 Å². The summed E-state index contributed by atoms with van der Waals surface area (Å²) in [5, 5.41) is 36.8. The van der Waals surface area contributed by atoms with Crippen LogP contribution in [-0.4, -0.2) is 179 Å². The highest BCUT2D eigenvalue weighted by atomic mass is 16.3. The Morgan fingerprint density at radius 1 is 0.662 bits per heavy atom. The number of nitrogens with zero attached hydrogens (tertiary/aromatic N) is 2. The van der Waals surface area contributed by atoms with Gasteiger partial charge in [-0.1, -0.05) is 44.2 Å². The lowest BCUT2D eigenvalue weighted by Crippen LogP contribution is -2.61. The lowest BCUT2D eigenvalue weighted by atomic mass is 10.00. The third kappa shape index (κ3) is 18.3. The maximum atomic E-state index is 14.2. The van der Waals surface area contributed by atoms with Gasteiger partial charge in [0, 0.05) is 25.9 Å². The molecular formula is C45H68N12O14. The minimum absolute atomic E-state index is 0.0575. The Bertz CT molecular complexity index is 2090. The van der Waals surface area contributed by atoms with Crippen LogP contribution >= 0.6 is 0 Å². The summed E-state index contributed by atoms with van der Waals surface area (Å²) in [7, 11) is 0. The lowest BCUT2D eigenvalue weighted by Gasteiger charge is -2.28. The zero-order valence-electron chi connectivity index (χ0n) is 40.1. The van der Waals surface area contributed by atoms with Crippen LogP contribution in [0.1, 0.15) is 77.7 Å². The van der Waals surface area contributed by atoms with Gasteiger partial charge in [0.25, 0.3) is 0 Å². The fourth-order valence-corrected chi connectivity index (χ4v) is 7.97. The van der Waals surface area contributed by atoms with E-state index in [4.69, 9.17) is 17.2 Å². The maximum Gasteiger partial charge on any atom is 0.248 e. The smallest absolute Gasteiger partial charge is 0.248 e. The van der Waals surface area contributed by atoms with Crippen molar-refractivity contribution in [3.05, 3.63) is 35.9 Å². The number of hydrogen-bond acceptors (Lipinski definition) is 15. The van der Waals surface area contributed by atoms with Gasteiger partial charge in [-0.15, -0.1) is 0 Å². The quantitative estimate of drug-likeness (QED) is 0.0348. The van der Waals surface area contributed by atoms with Crippen molar-refractivity contribution in [1.29, 1.82) is 0 Å². The summed E-state index contributed by atoms with van der Waals surface area (Å²) in [5.41, 5.74) is 17.0. The highest BCUT2D eigenvalue weighted by molar-refractivity contribution is 5.99. The fourth-order valence-electron chi connectivity index (χ4n) is 7.97. The molecule has 1 aromatic carbocycles. The van der Waals surface area contributed by atoms with E-state index >= 15 is 0 Å². The van der Waals surface area contributed by atoms with E-state index in [2.05, 4.69) is 37.2 Å². The number of benzene rings is 1. The summed E-state index contributed by atoms with van der Waals surface area (Å²) < 4.78 is 0. The van der Waals surface area contributed by atoms with Crippen LogP contribution in [0, 0.1) is 5.92 Å². The molecule has 71 heavy (non-hydrogen) atoms. The molecule has 2 heterocycles. The van der Waals surface area contributed by atoms with Crippen molar-refractivity contribution in [2.45, 2.75) is 133 Å². The number of aliphatic hydroxyl groups excluding tert-OH is 2. The first-order chi connectivity index (χ1) is 33.6. The monoisotopic (exact) mass is 1000 g/mol. The Kier molecular flexibility index (Phi) is 23.4.